The summed E-state index contributed by atoms with van der Waals surface area (Å²) in [6.07, 6.45) is -0.200. The van der Waals surface area contributed by atoms with E-state index in [4.69, 9.17) is 5.73 Å². The van der Waals surface area contributed by atoms with Crippen molar-refractivity contribution in [3.63, 3.8) is 0 Å². The number of nitrogens with zero attached hydrogens (tertiary/aromatic N) is 1. The largest absolute Gasteiger partial charge is 0.508 e. The number of nitrogens with two attached hydrogens (primary N) is 1. The Hall–Kier alpha value is -2.48. The van der Waals surface area contributed by atoms with E-state index in [1.807, 2.05) is 4.93 Å². The van der Waals surface area contributed by atoms with Gasteiger partial charge in [0.25, 0.3) is 5.91 Å². The topological polar surface area (TPSA) is 182 Å². The van der Waals surface area contributed by atoms with Crippen LogP contribution in [0.2, 0.25) is 0 Å². The van der Waals surface area contributed by atoms with Gasteiger partial charge in [-0.15, -0.1) is 0 Å². The summed E-state index contributed by atoms with van der Waals surface area (Å²) in [5, 5.41) is 54.9. The maximum Gasteiger partial charge on any atom is 0.255 e. The fraction of sp³-hybridized carbons (Fsp3) is 0.435. The van der Waals surface area contributed by atoms with E-state index in [-0.39, 0.29) is 17.5 Å². The number of phenols is 1. The summed E-state index contributed by atoms with van der Waals surface area (Å²) in [5.41, 5.74) is -0.548. The van der Waals surface area contributed by atoms with Crippen LogP contribution in [0.3, 0.4) is 0 Å². The highest BCUT2D eigenvalue weighted by Crippen LogP contribution is 2.57. The normalized spacial score (nSPS) is 32.5. The molecule has 0 unspecified atom stereocenters. The van der Waals surface area contributed by atoms with Crippen LogP contribution in [0.1, 0.15) is 24.5 Å². The van der Waals surface area contributed by atoms with Crippen LogP contribution < -0.4 is 5.73 Å². The third kappa shape index (κ3) is 3.28. The number of ketones is 2. The Morgan fingerprint density at radius 1 is 1.15 bits per heavy atom. The van der Waals surface area contributed by atoms with E-state index in [1.165, 1.54) is 44.1 Å². The Morgan fingerprint density at radius 3 is 2.26 bits per heavy atom. The number of likely N-dealkylation sites (N-methyl/N-ethyl adjacent to an activating group) is 1. The van der Waals surface area contributed by atoms with Crippen LogP contribution in [0.15, 0.2) is 35.1 Å². The number of phenolic OH excluding ortho intramolecular Hbond substituents is 1. The summed E-state index contributed by atoms with van der Waals surface area (Å²) in [6, 6.07) is 3.02. The van der Waals surface area contributed by atoms with Crippen molar-refractivity contribution in [1.29, 1.82) is 0 Å². The van der Waals surface area contributed by atoms with Gasteiger partial charge < -0.3 is 31.3 Å². The highest BCUT2D eigenvalue weighted by molar-refractivity contribution is 14.1. The molecule has 1 fully saturated rings. The number of hydrogen-bond donors (Lipinski definition) is 6. The minimum atomic E-state index is -2.75. The van der Waals surface area contributed by atoms with Gasteiger partial charge in [0.2, 0.25) is 5.78 Å². The number of primary amides is 1. The molecule has 5 atom stereocenters. The van der Waals surface area contributed by atoms with E-state index < -0.39 is 75.0 Å². The van der Waals surface area contributed by atoms with Gasteiger partial charge in [0.1, 0.15) is 22.8 Å². The highest BCUT2D eigenvalue weighted by atomic mass is 127. The highest BCUT2D eigenvalue weighted by Gasteiger charge is 2.66. The SMILES string of the molecule is CI.CN(C)[C@@H]1C(=O)C(C(N)=O)=C(O)[C@@]2(O)C(=O)C3=C(O)c4c(O)cccc4[C@@](C)(O)[C@H]3C[C@@H]12. The first-order chi connectivity index (χ1) is 15.8. The van der Waals surface area contributed by atoms with Gasteiger partial charge in [-0.3, -0.25) is 19.3 Å². The molecule has 0 heterocycles. The standard InChI is InChI=1S/C22H24N2O8.CH3I/c1-21(31)8-5-4-6-11(25)12(8)16(26)13-9(21)7-10-15(24(2)3)17(27)14(20(23)30)19(29)22(10,32)18(13)28;1-2/h4-6,9-10,15,25-26,29,31-32H,7H2,1-3H3,(H2,23,30);1H3/t9-,10-,15-,21+,22-;/m0./s1. The molecule has 0 bridgehead atoms. The number of aliphatic hydroxyl groups is 4. The Kier molecular flexibility index (Phi) is 6.63. The molecule has 34 heavy (non-hydrogen) atoms. The Labute approximate surface area is 209 Å². The minimum absolute atomic E-state index is 0.170. The Balaban J connectivity index is 0.00000158. The molecule has 3 aliphatic carbocycles. The minimum Gasteiger partial charge on any atom is -0.508 e. The predicted molar refractivity (Wildman–Crippen MR) is 130 cm³/mol. The van der Waals surface area contributed by atoms with E-state index in [1.54, 1.807) is 0 Å². The lowest BCUT2D eigenvalue weighted by molar-refractivity contribution is -0.159. The lowest BCUT2D eigenvalue weighted by Crippen LogP contribution is -2.67. The van der Waals surface area contributed by atoms with Crippen LogP contribution in [0.5, 0.6) is 5.75 Å². The fourth-order valence-corrected chi connectivity index (χ4v) is 5.50. The Bertz CT molecular complexity index is 1160. The van der Waals surface area contributed by atoms with Crippen molar-refractivity contribution in [1.82, 2.24) is 4.90 Å². The van der Waals surface area contributed by atoms with Crippen molar-refractivity contribution in [2.24, 2.45) is 17.6 Å². The number of carbonyl (C=O) groups is 3. The second-order valence-electron chi connectivity index (χ2n) is 8.96. The summed E-state index contributed by atoms with van der Waals surface area (Å²) in [4.78, 5) is 42.0. The van der Waals surface area contributed by atoms with E-state index in [2.05, 4.69) is 22.6 Å². The molecular formula is C23H27IN2O8. The van der Waals surface area contributed by atoms with Gasteiger partial charge in [-0.2, -0.15) is 0 Å². The molecule has 1 saturated carbocycles. The summed E-state index contributed by atoms with van der Waals surface area (Å²) in [6.45, 7) is 1.40. The number of benzene rings is 1. The molecule has 0 radical (unpaired) electrons. The fourth-order valence-electron chi connectivity index (χ4n) is 5.50. The number of carbonyl (C=O) groups excluding carboxylic acids is 3. The maximum absolute atomic E-state index is 13.7. The van der Waals surface area contributed by atoms with Gasteiger partial charge in [-0.1, -0.05) is 34.7 Å². The van der Waals surface area contributed by atoms with Crippen molar-refractivity contribution in [2.45, 2.75) is 30.6 Å². The molecule has 7 N–H and O–H groups in total. The zero-order chi connectivity index (χ0) is 25.9. The number of rotatable bonds is 2. The molecule has 3 aliphatic rings. The second-order valence-corrected chi connectivity index (χ2v) is 8.96. The molecule has 1 aromatic rings. The van der Waals surface area contributed by atoms with Crippen LogP contribution in [0.4, 0.5) is 0 Å². The maximum atomic E-state index is 13.7. The number of hydrogen-bond acceptors (Lipinski definition) is 9. The quantitative estimate of drug-likeness (QED) is 0.165. The molecule has 11 heteroatoms. The second kappa shape index (κ2) is 8.63. The average Bonchev–Trinajstić information content (AvgIpc) is 2.75. The van der Waals surface area contributed by atoms with Gasteiger partial charge in [0, 0.05) is 17.4 Å². The molecular weight excluding hydrogens is 559 g/mol. The van der Waals surface area contributed by atoms with Crippen LogP contribution in [0.25, 0.3) is 5.76 Å². The third-order valence-electron chi connectivity index (χ3n) is 7.02. The molecule has 0 spiro atoms. The smallest absolute Gasteiger partial charge is 0.255 e. The van der Waals surface area contributed by atoms with Gasteiger partial charge in [0.05, 0.1) is 17.2 Å². The number of aromatic hydroxyl groups is 1. The molecule has 0 aromatic heterocycles. The Morgan fingerprint density at radius 2 is 1.74 bits per heavy atom. The van der Waals surface area contributed by atoms with Gasteiger partial charge in [0.15, 0.2) is 11.4 Å². The monoisotopic (exact) mass is 586 g/mol. The molecule has 0 saturated heterocycles. The van der Waals surface area contributed by atoms with E-state index in [0.717, 1.165) is 0 Å². The molecule has 1 aromatic carbocycles. The van der Waals surface area contributed by atoms with Crippen LogP contribution in [0, 0.1) is 11.8 Å². The first-order valence-electron chi connectivity index (χ1n) is 10.3. The number of alkyl halides is 1. The van der Waals surface area contributed by atoms with Gasteiger partial charge in [-0.25, -0.2) is 0 Å². The number of Topliss-reactive ketones (excluding diaryl/α,β-unsaturated/α-hetero) is 2. The van der Waals surface area contributed by atoms with Gasteiger partial charge >= 0.3 is 0 Å². The zero-order valence-electron chi connectivity index (χ0n) is 19.0. The van der Waals surface area contributed by atoms with E-state index in [9.17, 15) is 39.9 Å². The van der Waals surface area contributed by atoms with Crippen molar-refractivity contribution >= 4 is 45.8 Å². The molecule has 10 nitrogen and oxygen atoms in total. The van der Waals surface area contributed by atoms with Crippen LogP contribution in [-0.4, -0.2) is 78.6 Å². The number of halogens is 1. The third-order valence-corrected chi connectivity index (χ3v) is 7.02. The van der Waals surface area contributed by atoms with Gasteiger partial charge in [-0.05, 0) is 44.0 Å². The molecule has 4 rings (SSSR count). The summed E-state index contributed by atoms with van der Waals surface area (Å²) in [5.74, 6) is -7.90. The number of aliphatic hydroxyl groups excluding tert-OH is 2. The lowest BCUT2D eigenvalue weighted by atomic mass is 9.54. The predicted octanol–water partition coefficient (Wildman–Crippen LogP) is 0.680. The van der Waals surface area contributed by atoms with Crippen molar-refractivity contribution in [3.8, 4) is 5.75 Å². The molecule has 1 amide bonds. The van der Waals surface area contributed by atoms with Crippen molar-refractivity contribution in [2.75, 3.05) is 19.0 Å². The summed E-state index contributed by atoms with van der Waals surface area (Å²) >= 11 is 2.15. The first kappa shape index (κ1) is 26.1. The van der Waals surface area contributed by atoms with Crippen LogP contribution >= 0.6 is 22.6 Å². The zero-order valence-corrected chi connectivity index (χ0v) is 21.2. The summed E-state index contributed by atoms with van der Waals surface area (Å²) < 4.78 is 0. The number of fused-ring (bicyclic) bond motifs is 3. The average molecular weight is 586 g/mol. The van der Waals surface area contributed by atoms with Crippen molar-refractivity contribution < 1.29 is 39.9 Å². The van der Waals surface area contributed by atoms with Crippen molar-refractivity contribution in [3.05, 3.63) is 46.2 Å². The number of amides is 1. The molecule has 184 valence electrons. The first-order valence-corrected chi connectivity index (χ1v) is 12.5. The summed E-state index contributed by atoms with van der Waals surface area (Å²) in [7, 11) is 3.01. The van der Waals surface area contributed by atoms with E-state index in [0.29, 0.717) is 0 Å². The van der Waals surface area contributed by atoms with Crippen LogP contribution in [-0.2, 0) is 20.0 Å². The lowest BCUT2D eigenvalue weighted by Gasteiger charge is -2.53. The molecule has 0 aliphatic heterocycles. The van der Waals surface area contributed by atoms with E-state index >= 15 is 0 Å².